The van der Waals surface area contributed by atoms with Gasteiger partial charge in [0, 0.05) is 17.3 Å². The van der Waals surface area contributed by atoms with Crippen LogP contribution in [0.4, 0.5) is 0 Å². The van der Waals surface area contributed by atoms with Gasteiger partial charge in [-0.25, -0.2) is 4.98 Å². The van der Waals surface area contributed by atoms with Gasteiger partial charge in [0.25, 0.3) is 0 Å². The summed E-state index contributed by atoms with van der Waals surface area (Å²) in [5.74, 6) is 2.99. The number of aryl methyl sites for hydroxylation is 1. The third kappa shape index (κ3) is 4.03. The maximum Gasteiger partial charge on any atom is 0.230 e. The van der Waals surface area contributed by atoms with Crippen molar-refractivity contribution in [1.82, 2.24) is 10.3 Å². The lowest BCUT2D eigenvalue weighted by Gasteiger charge is -2.59. The molecular formula is C25H29N3OS2. The predicted octanol–water partition coefficient (Wildman–Crippen LogP) is 5.80. The van der Waals surface area contributed by atoms with Crippen LogP contribution in [0.2, 0.25) is 0 Å². The van der Waals surface area contributed by atoms with E-state index in [0.717, 1.165) is 34.6 Å². The largest absolute Gasteiger partial charge is 0.352 e. The molecular weight excluding hydrogens is 422 g/mol. The quantitative estimate of drug-likeness (QED) is 0.563. The van der Waals surface area contributed by atoms with Crippen LogP contribution < -0.4 is 5.32 Å². The van der Waals surface area contributed by atoms with Crippen LogP contribution in [0.5, 0.6) is 0 Å². The second-order valence-corrected chi connectivity index (χ2v) is 11.7. The van der Waals surface area contributed by atoms with E-state index in [1.165, 1.54) is 50.3 Å². The number of nitrogens with zero attached hydrogens (tertiary/aromatic N) is 2. The van der Waals surface area contributed by atoms with Crippen LogP contribution in [0.15, 0.2) is 27.9 Å². The molecule has 0 unspecified atom stereocenters. The van der Waals surface area contributed by atoms with Crippen LogP contribution in [-0.2, 0) is 4.79 Å². The minimum atomic E-state index is 0.0533. The number of aromatic nitrogens is 1. The molecule has 1 atom stereocenters. The van der Waals surface area contributed by atoms with E-state index in [9.17, 15) is 10.1 Å². The third-order valence-electron chi connectivity index (χ3n) is 7.78. The molecule has 2 aromatic rings. The second kappa shape index (κ2) is 8.26. The van der Waals surface area contributed by atoms with Gasteiger partial charge >= 0.3 is 0 Å². The molecule has 31 heavy (non-hydrogen) atoms. The minimum Gasteiger partial charge on any atom is -0.352 e. The van der Waals surface area contributed by atoms with Gasteiger partial charge in [-0.2, -0.15) is 16.6 Å². The van der Waals surface area contributed by atoms with Crippen molar-refractivity contribution in [3.05, 3.63) is 34.2 Å². The van der Waals surface area contributed by atoms with Gasteiger partial charge in [0.2, 0.25) is 5.91 Å². The number of nitrogens with one attached hydrogen (secondary N) is 1. The average Bonchev–Trinajstić information content (AvgIpc) is 3.25. The van der Waals surface area contributed by atoms with Crippen LogP contribution in [0, 0.1) is 41.4 Å². The van der Waals surface area contributed by atoms with Crippen molar-refractivity contribution in [1.29, 1.82) is 5.26 Å². The molecule has 0 radical (unpaired) electrons. The molecule has 1 amide bonds. The lowest BCUT2D eigenvalue weighted by molar-refractivity contribution is -0.123. The van der Waals surface area contributed by atoms with E-state index in [-0.39, 0.29) is 11.9 Å². The number of nitriles is 1. The van der Waals surface area contributed by atoms with Crippen LogP contribution in [0.3, 0.4) is 0 Å². The first-order chi connectivity index (χ1) is 15.0. The predicted molar refractivity (Wildman–Crippen MR) is 126 cm³/mol. The Hall–Kier alpha value is -1.84. The van der Waals surface area contributed by atoms with E-state index in [0.29, 0.717) is 21.8 Å². The van der Waals surface area contributed by atoms with Gasteiger partial charge in [0.1, 0.15) is 11.1 Å². The summed E-state index contributed by atoms with van der Waals surface area (Å²) in [5, 5.41) is 17.8. The number of thioether (sulfide) groups is 1. The van der Waals surface area contributed by atoms with Crippen molar-refractivity contribution in [2.45, 2.75) is 63.4 Å². The van der Waals surface area contributed by atoms with Crippen molar-refractivity contribution in [3.63, 3.8) is 0 Å². The summed E-state index contributed by atoms with van der Waals surface area (Å²) in [6.07, 6.45) is 8.11. The summed E-state index contributed by atoms with van der Waals surface area (Å²) >= 11 is 2.99. The first kappa shape index (κ1) is 21.0. The topological polar surface area (TPSA) is 65.8 Å². The summed E-state index contributed by atoms with van der Waals surface area (Å²) in [5.41, 5.74) is 3.68. The standard InChI is InChI=1S/C25H29N3OS2/c1-15-5-21(20-3-4-30-13-20)22(12-26)24(27-15)31-14-23(29)28-16(2)25-9-17-6-18(10-25)8-19(7-17)11-25/h3-5,13,16-19H,6-11,14H2,1-2H3,(H,28,29)/t16-,17?,18?,19?,25?/m1/s1. The zero-order valence-electron chi connectivity index (χ0n) is 18.2. The van der Waals surface area contributed by atoms with E-state index in [2.05, 4.69) is 23.3 Å². The summed E-state index contributed by atoms with van der Waals surface area (Å²) in [4.78, 5) is 17.5. The van der Waals surface area contributed by atoms with E-state index in [1.807, 2.05) is 29.8 Å². The molecule has 4 aliphatic carbocycles. The van der Waals surface area contributed by atoms with Gasteiger partial charge in [-0.15, -0.1) is 0 Å². The highest BCUT2D eigenvalue weighted by Gasteiger charge is 2.53. The molecule has 4 saturated carbocycles. The van der Waals surface area contributed by atoms with Gasteiger partial charge in [0.15, 0.2) is 0 Å². The lowest BCUT2D eigenvalue weighted by atomic mass is 9.48. The van der Waals surface area contributed by atoms with Gasteiger partial charge in [-0.3, -0.25) is 4.79 Å². The van der Waals surface area contributed by atoms with Crippen molar-refractivity contribution in [3.8, 4) is 17.2 Å². The number of amides is 1. The van der Waals surface area contributed by atoms with E-state index >= 15 is 0 Å². The molecule has 1 N–H and O–H groups in total. The summed E-state index contributed by atoms with van der Waals surface area (Å²) in [6, 6.07) is 6.52. The van der Waals surface area contributed by atoms with Crippen LogP contribution >= 0.6 is 23.1 Å². The molecule has 4 aliphatic rings. The van der Waals surface area contributed by atoms with Crippen LogP contribution in [-0.4, -0.2) is 22.7 Å². The molecule has 2 heterocycles. The number of rotatable bonds is 6. The molecule has 2 aromatic heterocycles. The highest BCUT2D eigenvalue weighted by Crippen LogP contribution is 2.61. The molecule has 0 spiro atoms. The lowest BCUT2D eigenvalue weighted by Crippen LogP contribution is -2.56. The first-order valence-corrected chi connectivity index (χ1v) is 13.2. The third-order valence-corrected chi connectivity index (χ3v) is 9.44. The monoisotopic (exact) mass is 451 g/mol. The van der Waals surface area contributed by atoms with Crippen LogP contribution in [0.25, 0.3) is 11.1 Å². The number of pyridine rings is 1. The van der Waals surface area contributed by atoms with Gasteiger partial charge in [0.05, 0.1) is 11.3 Å². The summed E-state index contributed by atoms with van der Waals surface area (Å²) in [7, 11) is 0. The Kier molecular flexibility index (Phi) is 5.60. The van der Waals surface area contributed by atoms with Gasteiger partial charge < -0.3 is 5.32 Å². The van der Waals surface area contributed by atoms with Crippen LogP contribution in [0.1, 0.15) is 56.7 Å². The fourth-order valence-corrected chi connectivity index (χ4v) is 8.30. The van der Waals surface area contributed by atoms with Gasteiger partial charge in [-0.1, -0.05) is 11.8 Å². The second-order valence-electron chi connectivity index (χ2n) is 9.97. The SMILES string of the molecule is Cc1cc(-c2ccsc2)c(C#N)c(SCC(=O)N[C@H](C)C23CC4CC(CC(C4)C2)C3)n1. The summed E-state index contributed by atoms with van der Waals surface area (Å²) in [6.45, 7) is 4.16. The molecule has 6 rings (SSSR count). The fraction of sp³-hybridized carbons (Fsp3) is 0.560. The Labute approximate surface area is 192 Å². The highest BCUT2D eigenvalue weighted by molar-refractivity contribution is 8.00. The van der Waals surface area contributed by atoms with E-state index in [1.54, 1.807) is 11.3 Å². The number of hydrogen-bond donors (Lipinski definition) is 1. The zero-order valence-corrected chi connectivity index (χ0v) is 19.8. The molecule has 4 fully saturated rings. The van der Waals surface area contributed by atoms with Crippen molar-refractivity contribution >= 4 is 29.0 Å². The molecule has 0 aromatic carbocycles. The average molecular weight is 452 g/mol. The fourth-order valence-electron chi connectivity index (χ4n) is 6.78. The number of hydrogen-bond acceptors (Lipinski definition) is 5. The Morgan fingerprint density at radius 3 is 2.58 bits per heavy atom. The number of carbonyl (C=O) groups excluding carboxylic acids is 1. The number of thiophene rings is 1. The Morgan fingerprint density at radius 2 is 2.00 bits per heavy atom. The molecule has 0 saturated heterocycles. The molecule has 6 heteroatoms. The van der Waals surface area contributed by atoms with Crippen molar-refractivity contribution in [2.24, 2.45) is 23.2 Å². The smallest absolute Gasteiger partial charge is 0.230 e. The highest BCUT2D eigenvalue weighted by atomic mass is 32.2. The van der Waals surface area contributed by atoms with Gasteiger partial charge in [-0.05, 0) is 104 Å². The maximum absolute atomic E-state index is 12.9. The summed E-state index contributed by atoms with van der Waals surface area (Å²) < 4.78 is 0. The Bertz CT molecular complexity index is 989. The molecule has 4 bridgehead atoms. The Morgan fingerprint density at radius 1 is 1.32 bits per heavy atom. The van der Waals surface area contributed by atoms with Crippen molar-refractivity contribution in [2.75, 3.05) is 5.75 Å². The number of carbonyl (C=O) groups is 1. The minimum absolute atomic E-state index is 0.0533. The Balaban J connectivity index is 1.27. The van der Waals surface area contributed by atoms with E-state index in [4.69, 9.17) is 0 Å². The maximum atomic E-state index is 12.9. The molecule has 162 valence electrons. The first-order valence-electron chi connectivity index (χ1n) is 11.3. The normalized spacial score (nSPS) is 29.5. The molecule has 4 nitrogen and oxygen atoms in total. The zero-order chi connectivity index (χ0) is 21.6. The van der Waals surface area contributed by atoms with E-state index < -0.39 is 0 Å². The molecule has 0 aliphatic heterocycles. The van der Waals surface area contributed by atoms with Crippen molar-refractivity contribution < 1.29 is 4.79 Å².